The van der Waals surface area contributed by atoms with E-state index in [2.05, 4.69) is 10.6 Å². The lowest BCUT2D eigenvalue weighted by Gasteiger charge is -2.14. The third-order valence-electron chi connectivity index (χ3n) is 2.99. The standard InChI is InChI=1S/C11H21N3O2/c1-8(15)13-5-6-14-11(16)7-9-3-2-4-10(9)12/h9-10H,2-7,12H2,1H3,(H,13,15)(H,14,16)/t9-,10+/m0/s1. The first kappa shape index (κ1) is 13.0. The lowest BCUT2D eigenvalue weighted by atomic mass is 10.00. The summed E-state index contributed by atoms with van der Waals surface area (Å²) >= 11 is 0. The van der Waals surface area contributed by atoms with Gasteiger partial charge in [-0.15, -0.1) is 0 Å². The zero-order chi connectivity index (χ0) is 12.0. The van der Waals surface area contributed by atoms with Crippen molar-refractivity contribution in [3.63, 3.8) is 0 Å². The third kappa shape index (κ3) is 4.61. The van der Waals surface area contributed by atoms with Crippen LogP contribution >= 0.6 is 0 Å². The fraction of sp³-hybridized carbons (Fsp3) is 0.818. The molecule has 1 aliphatic carbocycles. The van der Waals surface area contributed by atoms with E-state index >= 15 is 0 Å². The molecular formula is C11H21N3O2. The Morgan fingerprint density at radius 2 is 1.94 bits per heavy atom. The average Bonchev–Trinajstić information content (AvgIpc) is 2.59. The van der Waals surface area contributed by atoms with Gasteiger partial charge in [0.2, 0.25) is 11.8 Å². The van der Waals surface area contributed by atoms with Gasteiger partial charge >= 0.3 is 0 Å². The van der Waals surface area contributed by atoms with Crippen LogP contribution in [0.5, 0.6) is 0 Å². The quantitative estimate of drug-likeness (QED) is 0.567. The molecule has 0 aliphatic heterocycles. The summed E-state index contributed by atoms with van der Waals surface area (Å²) in [6.45, 7) is 2.43. The number of rotatable bonds is 5. The largest absolute Gasteiger partial charge is 0.355 e. The summed E-state index contributed by atoms with van der Waals surface area (Å²) in [5.74, 6) is 0.292. The number of nitrogens with two attached hydrogens (primary N) is 1. The smallest absolute Gasteiger partial charge is 0.220 e. The molecule has 1 saturated carbocycles. The second-order valence-corrected chi connectivity index (χ2v) is 4.39. The number of amides is 2. The Labute approximate surface area is 96.1 Å². The summed E-state index contributed by atoms with van der Waals surface area (Å²) in [5, 5.41) is 5.40. The number of hydrogen-bond donors (Lipinski definition) is 3. The Hall–Kier alpha value is -1.10. The second-order valence-electron chi connectivity index (χ2n) is 4.39. The first-order valence-corrected chi connectivity index (χ1v) is 5.86. The maximum atomic E-state index is 11.5. The van der Waals surface area contributed by atoms with Crippen LogP contribution in [0.15, 0.2) is 0 Å². The second kappa shape index (κ2) is 6.48. The summed E-state index contributed by atoms with van der Waals surface area (Å²) in [6.07, 6.45) is 3.73. The Morgan fingerprint density at radius 3 is 2.50 bits per heavy atom. The van der Waals surface area contributed by atoms with E-state index in [1.807, 2.05) is 0 Å². The van der Waals surface area contributed by atoms with E-state index < -0.39 is 0 Å². The number of carbonyl (C=O) groups excluding carboxylic acids is 2. The highest BCUT2D eigenvalue weighted by Crippen LogP contribution is 2.26. The predicted molar refractivity (Wildman–Crippen MR) is 61.6 cm³/mol. The van der Waals surface area contributed by atoms with Crippen molar-refractivity contribution in [3.8, 4) is 0 Å². The minimum Gasteiger partial charge on any atom is -0.355 e. The van der Waals surface area contributed by atoms with E-state index in [4.69, 9.17) is 5.73 Å². The Kier molecular flexibility index (Phi) is 5.25. The topological polar surface area (TPSA) is 84.2 Å². The summed E-state index contributed by atoms with van der Waals surface area (Å²) in [5.41, 5.74) is 5.88. The van der Waals surface area contributed by atoms with Crippen molar-refractivity contribution >= 4 is 11.8 Å². The molecule has 0 aromatic carbocycles. The van der Waals surface area contributed by atoms with E-state index in [1.165, 1.54) is 6.92 Å². The molecule has 1 fully saturated rings. The van der Waals surface area contributed by atoms with Crippen LogP contribution < -0.4 is 16.4 Å². The van der Waals surface area contributed by atoms with Gasteiger partial charge in [0.05, 0.1) is 0 Å². The van der Waals surface area contributed by atoms with Crippen molar-refractivity contribution in [2.24, 2.45) is 11.7 Å². The molecule has 0 unspecified atom stereocenters. The number of carbonyl (C=O) groups is 2. The summed E-state index contributed by atoms with van der Waals surface area (Å²) < 4.78 is 0. The maximum absolute atomic E-state index is 11.5. The van der Waals surface area contributed by atoms with Crippen molar-refractivity contribution in [3.05, 3.63) is 0 Å². The van der Waals surface area contributed by atoms with Crippen molar-refractivity contribution in [1.29, 1.82) is 0 Å². The van der Waals surface area contributed by atoms with Gasteiger partial charge in [0, 0.05) is 32.5 Å². The zero-order valence-electron chi connectivity index (χ0n) is 9.79. The highest BCUT2D eigenvalue weighted by atomic mass is 16.2. The monoisotopic (exact) mass is 227 g/mol. The van der Waals surface area contributed by atoms with Crippen LogP contribution in [0, 0.1) is 5.92 Å². The van der Waals surface area contributed by atoms with Crippen LogP contribution in [-0.2, 0) is 9.59 Å². The summed E-state index contributed by atoms with van der Waals surface area (Å²) in [6, 6.07) is 0.182. The molecule has 0 bridgehead atoms. The molecule has 16 heavy (non-hydrogen) atoms. The third-order valence-corrected chi connectivity index (χ3v) is 2.99. The molecule has 0 spiro atoms. The Bertz CT molecular complexity index is 256. The summed E-state index contributed by atoms with van der Waals surface area (Å²) in [4.78, 5) is 22.1. The molecule has 0 radical (unpaired) electrons. The van der Waals surface area contributed by atoms with Gasteiger partial charge in [-0.2, -0.15) is 0 Å². The normalized spacial score (nSPS) is 24.1. The van der Waals surface area contributed by atoms with Gasteiger partial charge < -0.3 is 16.4 Å². The fourth-order valence-corrected chi connectivity index (χ4v) is 2.07. The van der Waals surface area contributed by atoms with E-state index in [0.29, 0.717) is 25.4 Å². The molecule has 92 valence electrons. The van der Waals surface area contributed by atoms with Gasteiger partial charge in [0.25, 0.3) is 0 Å². The van der Waals surface area contributed by atoms with E-state index in [9.17, 15) is 9.59 Å². The van der Waals surface area contributed by atoms with Gasteiger partial charge in [0.15, 0.2) is 0 Å². The summed E-state index contributed by atoms with van der Waals surface area (Å²) in [7, 11) is 0. The Morgan fingerprint density at radius 1 is 1.25 bits per heavy atom. The number of hydrogen-bond acceptors (Lipinski definition) is 3. The number of nitrogens with one attached hydrogen (secondary N) is 2. The highest BCUT2D eigenvalue weighted by Gasteiger charge is 2.25. The lowest BCUT2D eigenvalue weighted by Crippen LogP contribution is -2.36. The van der Waals surface area contributed by atoms with E-state index in [-0.39, 0.29) is 17.9 Å². The average molecular weight is 227 g/mol. The van der Waals surface area contributed by atoms with Crippen molar-refractivity contribution in [2.45, 2.75) is 38.6 Å². The molecule has 1 aliphatic rings. The van der Waals surface area contributed by atoms with Crippen LogP contribution in [0.2, 0.25) is 0 Å². The van der Waals surface area contributed by atoms with Gasteiger partial charge in [-0.1, -0.05) is 6.42 Å². The maximum Gasteiger partial charge on any atom is 0.220 e. The van der Waals surface area contributed by atoms with Crippen LogP contribution in [0.4, 0.5) is 0 Å². The SMILES string of the molecule is CC(=O)NCCNC(=O)C[C@@H]1CCC[C@H]1N. The molecule has 2 amide bonds. The van der Waals surface area contributed by atoms with Gasteiger partial charge in [-0.3, -0.25) is 9.59 Å². The predicted octanol–water partition coefficient (Wildman–Crippen LogP) is -0.244. The first-order chi connectivity index (χ1) is 7.59. The molecular weight excluding hydrogens is 206 g/mol. The first-order valence-electron chi connectivity index (χ1n) is 5.86. The fourth-order valence-electron chi connectivity index (χ4n) is 2.07. The minimum atomic E-state index is -0.0768. The molecule has 1 rings (SSSR count). The molecule has 5 heteroatoms. The van der Waals surface area contributed by atoms with Gasteiger partial charge in [-0.25, -0.2) is 0 Å². The van der Waals surface area contributed by atoms with Crippen molar-refractivity contribution < 1.29 is 9.59 Å². The van der Waals surface area contributed by atoms with Crippen molar-refractivity contribution in [1.82, 2.24) is 10.6 Å². The van der Waals surface area contributed by atoms with Gasteiger partial charge in [-0.05, 0) is 18.8 Å². The van der Waals surface area contributed by atoms with Gasteiger partial charge in [0.1, 0.15) is 0 Å². The molecule has 2 atom stereocenters. The molecule has 0 saturated heterocycles. The van der Waals surface area contributed by atoms with E-state index in [0.717, 1.165) is 19.3 Å². The lowest BCUT2D eigenvalue weighted by molar-refractivity contribution is -0.122. The van der Waals surface area contributed by atoms with Crippen LogP contribution in [0.1, 0.15) is 32.6 Å². The molecule has 0 aromatic rings. The molecule has 0 heterocycles. The minimum absolute atomic E-state index is 0.0349. The van der Waals surface area contributed by atoms with Crippen LogP contribution in [0.25, 0.3) is 0 Å². The highest BCUT2D eigenvalue weighted by molar-refractivity contribution is 5.76. The van der Waals surface area contributed by atoms with Crippen molar-refractivity contribution in [2.75, 3.05) is 13.1 Å². The zero-order valence-corrected chi connectivity index (χ0v) is 9.79. The molecule has 4 N–H and O–H groups in total. The molecule has 5 nitrogen and oxygen atoms in total. The van der Waals surface area contributed by atoms with Crippen LogP contribution in [0.3, 0.4) is 0 Å². The molecule has 0 aromatic heterocycles. The van der Waals surface area contributed by atoms with Crippen LogP contribution in [-0.4, -0.2) is 30.9 Å². The van der Waals surface area contributed by atoms with E-state index in [1.54, 1.807) is 0 Å². The Balaban J connectivity index is 2.08.